The van der Waals surface area contributed by atoms with Crippen LogP contribution in [0.4, 0.5) is 4.39 Å². The van der Waals surface area contributed by atoms with Gasteiger partial charge in [0, 0.05) is 29.6 Å². The van der Waals surface area contributed by atoms with Crippen molar-refractivity contribution in [1.29, 1.82) is 0 Å². The van der Waals surface area contributed by atoms with Crippen molar-refractivity contribution < 1.29 is 13.9 Å². The number of ether oxygens (including phenoxy) is 2. The number of aromatic amines is 1. The van der Waals surface area contributed by atoms with Crippen LogP contribution < -0.4 is 14.8 Å². The van der Waals surface area contributed by atoms with Crippen LogP contribution in [-0.2, 0) is 0 Å². The first-order chi connectivity index (χ1) is 16.0. The molecule has 0 atom stereocenters. The van der Waals surface area contributed by atoms with Gasteiger partial charge in [0.25, 0.3) is 0 Å². The van der Waals surface area contributed by atoms with E-state index in [1.807, 2.05) is 25.2 Å². The molecule has 2 aromatic carbocycles. The van der Waals surface area contributed by atoms with E-state index in [1.165, 1.54) is 5.56 Å². The molecule has 3 aromatic rings. The van der Waals surface area contributed by atoms with Crippen molar-refractivity contribution in [3.05, 3.63) is 47.3 Å². The maximum atomic E-state index is 15.3. The molecule has 2 heterocycles. The van der Waals surface area contributed by atoms with E-state index in [0.29, 0.717) is 11.5 Å². The van der Waals surface area contributed by atoms with Gasteiger partial charge in [0.2, 0.25) is 0 Å². The number of nitrogens with zero attached hydrogens (tertiary/aromatic N) is 1. The summed E-state index contributed by atoms with van der Waals surface area (Å²) in [4.78, 5) is 5.97. The highest BCUT2D eigenvalue weighted by Crippen LogP contribution is 2.41. The van der Waals surface area contributed by atoms with Crippen molar-refractivity contribution >= 4 is 10.9 Å². The monoisotopic (exact) mass is 453 g/mol. The fraction of sp³-hybridized carbons (Fsp3) is 0.481. The molecule has 4 rings (SSSR count). The van der Waals surface area contributed by atoms with Gasteiger partial charge in [-0.15, -0.1) is 0 Å². The van der Waals surface area contributed by atoms with Crippen molar-refractivity contribution in [1.82, 2.24) is 15.2 Å². The van der Waals surface area contributed by atoms with Crippen LogP contribution >= 0.6 is 0 Å². The summed E-state index contributed by atoms with van der Waals surface area (Å²) < 4.78 is 26.2. The first-order valence-electron chi connectivity index (χ1n) is 11.9. The summed E-state index contributed by atoms with van der Waals surface area (Å²) in [6.07, 6.45) is 1.99. The molecule has 0 amide bonds. The van der Waals surface area contributed by atoms with Gasteiger partial charge in [-0.25, -0.2) is 4.39 Å². The molecule has 0 bridgehead atoms. The summed E-state index contributed by atoms with van der Waals surface area (Å²) in [6, 6.07) is 9.71. The Balaban J connectivity index is 1.72. The summed E-state index contributed by atoms with van der Waals surface area (Å²) in [5, 5.41) is 4.33. The maximum absolute atomic E-state index is 15.3. The van der Waals surface area contributed by atoms with E-state index in [2.05, 4.69) is 35.1 Å². The topological polar surface area (TPSA) is 49.5 Å². The fourth-order valence-corrected chi connectivity index (χ4v) is 5.12. The maximum Gasteiger partial charge on any atom is 0.161 e. The normalized spacial score (nSPS) is 15.5. The molecule has 0 aliphatic carbocycles. The molecular formula is C27H36FN3O2. The van der Waals surface area contributed by atoms with E-state index in [9.17, 15) is 0 Å². The zero-order valence-electron chi connectivity index (χ0n) is 20.4. The van der Waals surface area contributed by atoms with Gasteiger partial charge in [0.05, 0.1) is 19.9 Å². The minimum atomic E-state index is -0.105. The van der Waals surface area contributed by atoms with Crippen molar-refractivity contribution in [2.24, 2.45) is 0 Å². The number of nitrogens with one attached hydrogen (secondary N) is 2. The molecule has 1 aromatic heterocycles. The number of hydrogen-bond acceptors (Lipinski definition) is 4. The predicted molar refractivity (Wildman–Crippen MR) is 133 cm³/mol. The second kappa shape index (κ2) is 10.1. The minimum absolute atomic E-state index is 0.105. The van der Waals surface area contributed by atoms with Crippen LogP contribution in [0.5, 0.6) is 11.5 Å². The van der Waals surface area contributed by atoms with Crippen LogP contribution in [0.25, 0.3) is 22.2 Å². The quantitative estimate of drug-likeness (QED) is 0.472. The SMILES string of the molecule is CNCCN1CCC(c2cc3c(C(C)C)c(-c4ccc(OC)c(OC)c4)[nH]c3cc2F)CC1. The molecule has 1 fully saturated rings. The van der Waals surface area contributed by atoms with Gasteiger partial charge in [-0.05, 0) is 86.3 Å². The number of benzene rings is 2. The van der Waals surface area contributed by atoms with Gasteiger partial charge >= 0.3 is 0 Å². The van der Waals surface area contributed by atoms with Gasteiger partial charge in [-0.3, -0.25) is 0 Å². The molecule has 0 radical (unpaired) electrons. The summed E-state index contributed by atoms with van der Waals surface area (Å²) in [7, 11) is 5.26. The number of methoxy groups -OCH3 is 2. The zero-order chi connectivity index (χ0) is 23.5. The predicted octanol–water partition coefficient (Wildman–Crippen LogP) is 5.51. The molecule has 2 N–H and O–H groups in total. The first-order valence-corrected chi connectivity index (χ1v) is 11.9. The Morgan fingerprint density at radius 1 is 1.09 bits per heavy atom. The minimum Gasteiger partial charge on any atom is -0.493 e. The second-order valence-corrected chi connectivity index (χ2v) is 9.28. The number of H-pyrrole nitrogens is 1. The highest BCUT2D eigenvalue weighted by atomic mass is 19.1. The standard InChI is InChI=1S/C27H36FN3O2/c1-17(2)26-21-15-20(18-8-11-31(12-9-18)13-10-29-3)22(28)16-23(21)30-27(26)19-6-7-24(32-4)25(14-19)33-5/h6-7,14-18,29-30H,8-13H2,1-5H3. The van der Waals surface area contributed by atoms with E-state index >= 15 is 4.39 Å². The summed E-state index contributed by atoms with van der Waals surface area (Å²) in [5.74, 6) is 1.81. The van der Waals surface area contributed by atoms with Crippen molar-refractivity contribution in [3.63, 3.8) is 0 Å². The number of halogens is 1. The third-order valence-electron chi connectivity index (χ3n) is 6.91. The van der Waals surface area contributed by atoms with Crippen LogP contribution in [0.1, 0.15) is 49.7 Å². The Hall–Kier alpha value is -2.57. The Labute approximate surface area is 196 Å². The van der Waals surface area contributed by atoms with Gasteiger partial charge < -0.3 is 24.7 Å². The van der Waals surface area contributed by atoms with Crippen LogP contribution in [0, 0.1) is 5.82 Å². The summed E-state index contributed by atoms with van der Waals surface area (Å²) in [5.41, 5.74) is 4.93. The van der Waals surface area contributed by atoms with Gasteiger partial charge in [-0.1, -0.05) is 13.8 Å². The molecule has 0 saturated carbocycles. The highest BCUT2D eigenvalue weighted by molar-refractivity contribution is 5.92. The number of hydrogen-bond donors (Lipinski definition) is 2. The average molecular weight is 454 g/mol. The lowest BCUT2D eigenvalue weighted by Gasteiger charge is -2.32. The van der Waals surface area contributed by atoms with E-state index in [-0.39, 0.29) is 17.7 Å². The largest absolute Gasteiger partial charge is 0.493 e. The third-order valence-corrected chi connectivity index (χ3v) is 6.91. The third kappa shape index (κ3) is 4.73. The zero-order valence-corrected chi connectivity index (χ0v) is 20.4. The molecule has 1 aliphatic rings. The van der Waals surface area contributed by atoms with Crippen LogP contribution in [0.2, 0.25) is 0 Å². The van der Waals surface area contributed by atoms with Gasteiger partial charge in [0.15, 0.2) is 11.5 Å². The molecule has 33 heavy (non-hydrogen) atoms. The van der Waals surface area contributed by atoms with Gasteiger partial charge in [0.1, 0.15) is 5.82 Å². The average Bonchev–Trinajstić information content (AvgIpc) is 3.20. The summed E-state index contributed by atoms with van der Waals surface area (Å²) in [6.45, 7) is 8.46. The molecule has 1 saturated heterocycles. The van der Waals surface area contributed by atoms with Crippen LogP contribution in [0.15, 0.2) is 30.3 Å². The molecule has 0 spiro atoms. The first kappa shape index (κ1) is 23.6. The van der Waals surface area contributed by atoms with Crippen molar-refractivity contribution in [3.8, 4) is 22.8 Å². The lowest BCUT2D eigenvalue weighted by Crippen LogP contribution is -2.37. The Kier molecular flexibility index (Phi) is 7.25. The number of likely N-dealkylation sites (N-methyl/N-ethyl adjacent to an activating group) is 1. The Morgan fingerprint density at radius 3 is 2.45 bits per heavy atom. The van der Waals surface area contributed by atoms with E-state index < -0.39 is 0 Å². The molecule has 1 aliphatic heterocycles. The number of fused-ring (bicyclic) bond motifs is 1. The number of aromatic nitrogens is 1. The molecule has 178 valence electrons. The summed E-state index contributed by atoms with van der Waals surface area (Å²) >= 11 is 0. The number of rotatable bonds is 8. The lowest BCUT2D eigenvalue weighted by atomic mass is 9.87. The van der Waals surface area contributed by atoms with Crippen molar-refractivity contribution in [2.75, 3.05) is 47.4 Å². The van der Waals surface area contributed by atoms with E-state index in [1.54, 1.807) is 20.3 Å². The number of likely N-dealkylation sites (tertiary alicyclic amines) is 1. The molecular weight excluding hydrogens is 417 g/mol. The highest BCUT2D eigenvalue weighted by Gasteiger charge is 2.25. The second-order valence-electron chi connectivity index (χ2n) is 9.28. The van der Waals surface area contributed by atoms with Crippen molar-refractivity contribution in [2.45, 2.75) is 38.5 Å². The van der Waals surface area contributed by atoms with E-state index in [4.69, 9.17) is 9.47 Å². The fourth-order valence-electron chi connectivity index (χ4n) is 5.12. The lowest BCUT2D eigenvalue weighted by molar-refractivity contribution is 0.212. The molecule has 0 unspecified atom stereocenters. The molecule has 5 nitrogen and oxygen atoms in total. The smallest absolute Gasteiger partial charge is 0.161 e. The molecule has 6 heteroatoms. The number of piperidine rings is 1. The Morgan fingerprint density at radius 2 is 1.82 bits per heavy atom. The Bertz CT molecular complexity index is 1100. The van der Waals surface area contributed by atoms with Crippen LogP contribution in [0.3, 0.4) is 0 Å². The van der Waals surface area contributed by atoms with Gasteiger partial charge in [-0.2, -0.15) is 0 Å². The van der Waals surface area contributed by atoms with E-state index in [0.717, 1.165) is 66.7 Å². The van der Waals surface area contributed by atoms with Crippen LogP contribution in [-0.4, -0.2) is 57.3 Å².